The summed E-state index contributed by atoms with van der Waals surface area (Å²) in [5, 5.41) is 7.65. The fourth-order valence-electron chi connectivity index (χ4n) is 2.29. The van der Waals surface area contributed by atoms with Gasteiger partial charge in [0.05, 0.1) is 30.2 Å². The van der Waals surface area contributed by atoms with Gasteiger partial charge >= 0.3 is 0 Å². The summed E-state index contributed by atoms with van der Waals surface area (Å²) in [7, 11) is 0. The lowest BCUT2D eigenvalue weighted by Gasteiger charge is -2.12. The van der Waals surface area contributed by atoms with Gasteiger partial charge in [0.15, 0.2) is 0 Å². The smallest absolute Gasteiger partial charge is 0.148 e. The number of benzene rings is 1. The topological polar surface area (TPSA) is 39.1 Å². The molecule has 0 saturated carbocycles. The number of aromatic nitrogens is 2. The Morgan fingerprint density at radius 1 is 1.42 bits per heavy atom. The van der Waals surface area contributed by atoms with E-state index in [4.69, 9.17) is 4.74 Å². The molecule has 0 radical (unpaired) electrons. The second-order valence-corrected chi connectivity index (χ2v) is 4.71. The van der Waals surface area contributed by atoms with Crippen molar-refractivity contribution in [1.29, 1.82) is 0 Å². The summed E-state index contributed by atoms with van der Waals surface area (Å²) in [5.41, 5.74) is 2.30. The van der Waals surface area contributed by atoms with Crippen molar-refractivity contribution >= 4 is 5.69 Å². The lowest BCUT2D eigenvalue weighted by atomic mass is 10.2. The van der Waals surface area contributed by atoms with Crippen LogP contribution in [0.4, 0.5) is 10.1 Å². The van der Waals surface area contributed by atoms with Crippen molar-refractivity contribution in [2.45, 2.75) is 19.4 Å². The molecule has 0 amide bonds. The monoisotopic (exact) mass is 261 g/mol. The third-order valence-corrected chi connectivity index (χ3v) is 3.38. The van der Waals surface area contributed by atoms with Gasteiger partial charge in [0.25, 0.3) is 0 Å². The van der Waals surface area contributed by atoms with Crippen molar-refractivity contribution < 1.29 is 9.13 Å². The van der Waals surface area contributed by atoms with Crippen molar-refractivity contribution in [3.05, 3.63) is 42.0 Å². The molecule has 1 N–H and O–H groups in total. The molecule has 2 heterocycles. The third-order valence-electron chi connectivity index (χ3n) is 3.38. The lowest BCUT2D eigenvalue weighted by molar-refractivity contribution is 0.195. The molecule has 0 bridgehead atoms. The Morgan fingerprint density at radius 3 is 3.00 bits per heavy atom. The van der Waals surface area contributed by atoms with Gasteiger partial charge in [-0.2, -0.15) is 5.10 Å². The van der Waals surface area contributed by atoms with Gasteiger partial charge in [-0.15, -0.1) is 0 Å². The Balaban J connectivity index is 1.88. The molecule has 0 spiro atoms. The summed E-state index contributed by atoms with van der Waals surface area (Å²) in [6.45, 7) is 3.43. The number of ether oxygens (including phenoxy) is 1. The van der Waals surface area contributed by atoms with Crippen molar-refractivity contribution in [3.63, 3.8) is 0 Å². The van der Waals surface area contributed by atoms with Gasteiger partial charge in [-0.05, 0) is 25.5 Å². The van der Waals surface area contributed by atoms with E-state index >= 15 is 0 Å². The minimum atomic E-state index is -0.274. The molecule has 1 aromatic heterocycles. The van der Waals surface area contributed by atoms with Gasteiger partial charge in [0.2, 0.25) is 0 Å². The largest absolute Gasteiger partial charge is 0.379 e. The van der Waals surface area contributed by atoms with Gasteiger partial charge < -0.3 is 10.1 Å². The van der Waals surface area contributed by atoms with E-state index in [1.54, 1.807) is 29.1 Å². The maximum absolute atomic E-state index is 13.8. The van der Waals surface area contributed by atoms with Crippen LogP contribution >= 0.6 is 0 Å². The summed E-state index contributed by atoms with van der Waals surface area (Å²) >= 11 is 0. The molecule has 4 nitrogen and oxygen atoms in total. The van der Waals surface area contributed by atoms with Crippen LogP contribution in [0.15, 0.2) is 30.5 Å². The molecular formula is C14H16FN3O. The number of hydrogen-bond donors (Lipinski definition) is 1. The molecule has 1 aliphatic heterocycles. The molecule has 2 aromatic rings. The highest BCUT2D eigenvalue weighted by atomic mass is 19.1. The number of rotatable bonds is 3. The maximum atomic E-state index is 13.8. The molecule has 1 aromatic carbocycles. The highest BCUT2D eigenvalue weighted by molar-refractivity contribution is 5.50. The second-order valence-electron chi connectivity index (χ2n) is 4.71. The normalized spacial score (nSPS) is 18.7. The average molecular weight is 261 g/mol. The first kappa shape index (κ1) is 12.2. The number of nitrogens with zero attached hydrogens (tertiary/aromatic N) is 2. The van der Waals surface area contributed by atoms with Crippen molar-refractivity contribution in [1.82, 2.24) is 9.78 Å². The van der Waals surface area contributed by atoms with E-state index in [1.807, 2.05) is 6.92 Å². The highest BCUT2D eigenvalue weighted by Crippen LogP contribution is 2.22. The van der Waals surface area contributed by atoms with Gasteiger partial charge in [-0.25, -0.2) is 9.07 Å². The van der Waals surface area contributed by atoms with Gasteiger partial charge in [-0.3, -0.25) is 0 Å². The molecule has 0 aliphatic carbocycles. The quantitative estimate of drug-likeness (QED) is 0.922. The lowest BCUT2D eigenvalue weighted by Crippen LogP contribution is -2.19. The molecule has 1 fully saturated rings. The first-order valence-corrected chi connectivity index (χ1v) is 6.39. The average Bonchev–Trinajstić information content (AvgIpc) is 3.03. The number of halogens is 1. The van der Waals surface area contributed by atoms with Crippen LogP contribution in [0.1, 0.15) is 12.1 Å². The Labute approximate surface area is 111 Å². The molecule has 3 rings (SSSR count). The van der Waals surface area contributed by atoms with Gasteiger partial charge in [-0.1, -0.05) is 12.1 Å². The van der Waals surface area contributed by atoms with Crippen LogP contribution in [0.3, 0.4) is 0 Å². The molecule has 19 heavy (non-hydrogen) atoms. The number of nitrogens with one attached hydrogen (secondary N) is 1. The fraction of sp³-hybridized carbons (Fsp3) is 0.357. The number of hydrogen-bond acceptors (Lipinski definition) is 3. The third kappa shape index (κ3) is 2.33. The SMILES string of the molecule is Cc1c(N[C@H]2CCOC2)cnn1-c1ccccc1F. The van der Waals surface area contributed by atoms with Crippen molar-refractivity contribution in [3.8, 4) is 5.69 Å². The Hall–Kier alpha value is -1.88. The van der Waals surface area contributed by atoms with Crippen molar-refractivity contribution in [2.24, 2.45) is 0 Å². The minimum absolute atomic E-state index is 0.274. The van der Waals surface area contributed by atoms with Gasteiger partial charge in [0.1, 0.15) is 11.5 Å². The number of anilines is 1. The predicted molar refractivity (Wildman–Crippen MR) is 71.1 cm³/mol. The molecule has 0 unspecified atom stereocenters. The van der Waals surface area contributed by atoms with Crippen LogP contribution in [-0.4, -0.2) is 29.0 Å². The zero-order valence-electron chi connectivity index (χ0n) is 10.8. The summed E-state index contributed by atoms with van der Waals surface area (Å²) in [6, 6.07) is 6.95. The summed E-state index contributed by atoms with van der Waals surface area (Å²) in [4.78, 5) is 0. The molecule has 1 atom stereocenters. The maximum Gasteiger partial charge on any atom is 0.148 e. The second kappa shape index (κ2) is 5.01. The summed E-state index contributed by atoms with van der Waals surface area (Å²) < 4.78 is 20.7. The fourth-order valence-corrected chi connectivity index (χ4v) is 2.29. The van der Waals surface area contributed by atoms with Crippen LogP contribution in [0.5, 0.6) is 0 Å². The van der Waals surface area contributed by atoms with E-state index in [0.717, 1.165) is 24.4 Å². The van der Waals surface area contributed by atoms with Gasteiger partial charge in [0, 0.05) is 6.61 Å². The van der Waals surface area contributed by atoms with E-state index in [-0.39, 0.29) is 5.82 Å². The summed E-state index contributed by atoms with van der Waals surface area (Å²) in [5.74, 6) is -0.274. The zero-order valence-corrected chi connectivity index (χ0v) is 10.8. The number of para-hydroxylation sites is 1. The minimum Gasteiger partial charge on any atom is -0.379 e. The molecule has 5 heteroatoms. The molecule has 1 saturated heterocycles. The van der Waals surface area contributed by atoms with Crippen molar-refractivity contribution in [2.75, 3.05) is 18.5 Å². The van der Waals surface area contributed by atoms with Crippen LogP contribution in [0, 0.1) is 12.7 Å². The van der Waals surface area contributed by atoms with E-state index in [1.165, 1.54) is 6.07 Å². The zero-order chi connectivity index (χ0) is 13.2. The molecule has 1 aliphatic rings. The molecule has 100 valence electrons. The predicted octanol–water partition coefficient (Wildman–Crippen LogP) is 2.52. The highest BCUT2D eigenvalue weighted by Gasteiger charge is 2.18. The Kier molecular flexibility index (Phi) is 3.21. The first-order valence-electron chi connectivity index (χ1n) is 6.39. The Bertz CT molecular complexity index is 576. The summed E-state index contributed by atoms with van der Waals surface area (Å²) in [6.07, 6.45) is 2.73. The van der Waals surface area contributed by atoms with E-state index in [0.29, 0.717) is 18.3 Å². The van der Waals surface area contributed by atoms with E-state index < -0.39 is 0 Å². The van der Waals surface area contributed by atoms with E-state index in [2.05, 4.69) is 10.4 Å². The van der Waals surface area contributed by atoms with Crippen LogP contribution < -0.4 is 5.32 Å². The van der Waals surface area contributed by atoms with E-state index in [9.17, 15) is 4.39 Å². The van der Waals surface area contributed by atoms with Crippen LogP contribution in [-0.2, 0) is 4.74 Å². The first-order chi connectivity index (χ1) is 9.25. The molecular weight excluding hydrogens is 245 g/mol. The van der Waals surface area contributed by atoms with Crippen LogP contribution in [0.25, 0.3) is 5.69 Å². The van der Waals surface area contributed by atoms with Crippen LogP contribution in [0.2, 0.25) is 0 Å². The Morgan fingerprint density at radius 2 is 2.26 bits per heavy atom. The standard InChI is InChI=1S/C14H16FN3O/c1-10-13(17-11-6-7-19-9-11)8-16-18(10)14-5-3-2-4-12(14)15/h2-5,8,11,17H,6-7,9H2,1H3/t11-/m0/s1.